The lowest BCUT2D eigenvalue weighted by Crippen LogP contribution is -2.42. The van der Waals surface area contributed by atoms with Crippen LogP contribution in [0.3, 0.4) is 0 Å². The molecular weight excluding hydrogens is 342 g/mol. The molecule has 1 aliphatic heterocycles. The number of nitrogens with zero attached hydrogens (tertiary/aromatic N) is 1. The molecule has 1 atom stereocenters. The first-order chi connectivity index (χ1) is 10.9. The molecule has 128 valence electrons. The molecule has 8 heteroatoms. The number of ether oxygens (including phenoxy) is 2. The lowest BCUT2D eigenvalue weighted by molar-refractivity contribution is -0.149. The molecule has 1 heterocycles. The van der Waals surface area contributed by atoms with E-state index in [4.69, 9.17) is 21.1 Å². The monoisotopic (exact) mass is 361 g/mol. The molecule has 0 amide bonds. The molecule has 6 nitrogen and oxygen atoms in total. The van der Waals surface area contributed by atoms with Crippen molar-refractivity contribution in [1.29, 1.82) is 0 Å². The summed E-state index contributed by atoms with van der Waals surface area (Å²) in [5.74, 6) is -0.472. The van der Waals surface area contributed by atoms with Crippen LogP contribution in [0.25, 0.3) is 0 Å². The number of piperidine rings is 1. The van der Waals surface area contributed by atoms with E-state index >= 15 is 0 Å². The van der Waals surface area contributed by atoms with Crippen molar-refractivity contribution in [3.05, 3.63) is 23.2 Å². The van der Waals surface area contributed by atoms with E-state index in [9.17, 15) is 13.2 Å². The van der Waals surface area contributed by atoms with Gasteiger partial charge in [-0.2, -0.15) is 4.31 Å². The van der Waals surface area contributed by atoms with Crippen LogP contribution in [0.5, 0.6) is 5.75 Å². The van der Waals surface area contributed by atoms with E-state index < -0.39 is 15.9 Å². The maximum atomic E-state index is 12.8. The summed E-state index contributed by atoms with van der Waals surface area (Å²) >= 11 is 5.94. The quantitative estimate of drug-likeness (QED) is 0.752. The number of esters is 1. The largest absolute Gasteiger partial charge is 0.495 e. The second kappa shape index (κ2) is 7.51. The van der Waals surface area contributed by atoms with Gasteiger partial charge in [-0.05, 0) is 31.9 Å². The van der Waals surface area contributed by atoms with Gasteiger partial charge in [-0.1, -0.05) is 11.6 Å². The minimum atomic E-state index is -3.71. The highest BCUT2D eigenvalue weighted by atomic mass is 35.5. The van der Waals surface area contributed by atoms with Gasteiger partial charge in [-0.25, -0.2) is 8.42 Å². The summed E-state index contributed by atoms with van der Waals surface area (Å²) < 4.78 is 36.9. The Hall–Kier alpha value is -1.31. The zero-order valence-electron chi connectivity index (χ0n) is 13.1. The van der Waals surface area contributed by atoms with Gasteiger partial charge >= 0.3 is 5.97 Å². The molecule has 2 rings (SSSR count). The summed E-state index contributed by atoms with van der Waals surface area (Å²) in [5, 5.41) is 0.342. The van der Waals surface area contributed by atoms with Crippen LogP contribution >= 0.6 is 11.6 Å². The lowest BCUT2D eigenvalue weighted by Gasteiger charge is -2.30. The van der Waals surface area contributed by atoms with Crippen molar-refractivity contribution in [1.82, 2.24) is 4.31 Å². The Labute approximate surface area is 141 Å². The molecule has 1 aromatic carbocycles. The predicted molar refractivity (Wildman–Crippen MR) is 86.1 cm³/mol. The highest BCUT2D eigenvalue weighted by Crippen LogP contribution is 2.30. The number of carbonyl (C=O) groups excluding carboxylic acids is 1. The molecule has 0 spiro atoms. The highest BCUT2D eigenvalue weighted by molar-refractivity contribution is 7.89. The van der Waals surface area contributed by atoms with Crippen LogP contribution in [0.1, 0.15) is 19.8 Å². The van der Waals surface area contributed by atoms with E-state index in [2.05, 4.69) is 0 Å². The van der Waals surface area contributed by atoms with Gasteiger partial charge in [0.25, 0.3) is 0 Å². The van der Waals surface area contributed by atoms with E-state index in [1.807, 2.05) is 0 Å². The molecule has 1 aromatic rings. The average Bonchev–Trinajstić information content (AvgIpc) is 2.55. The van der Waals surface area contributed by atoms with Crippen molar-refractivity contribution < 1.29 is 22.7 Å². The molecule has 1 saturated heterocycles. The van der Waals surface area contributed by atoms with Gasteiger partial charge in [-0.15, -0.1) is 0 Å². The number of carbonyl (C=O) groups is 1. The summed E-state index contributed by atoms with van der Waals surface area (Å²) in [5.41, 5.74) is 0. The van der Waals surface area contributed by atoms with Crippen LogP contribution in [0.15, 0.2) is 23.1 Å². The normalized spacial score (nSPS) is 19.3. The van der Waals surface area contributed by atoms with Crippen molar-refractivity contribution in [2.75, 3.05) is 26.8 Å². The molecule has 0 bridgehead atoms. The van der Waals surface area contributed by atoms with Gasteiger partial charge in [0.1, 0.15) is 5.75 Å². The first kappa shape index (κ1) is 18.0. The van der Waals surface area contributed by atoms with Crippen LogP contribution in [-0.2, 0) is 19.6 Å². The van der Waals surface area contributed by atoms with Gasteiger partial charge in [0.15, 0.2) is 0 Å². The molecule has 23 heavy (non-hydrogen) atoms. The van der Waals surface area contributed by atoms with Crippen LogP contribution in [0, 0.1) is 5.92 Å². The second-order valence-corrected chi connectivity index (χ2v) is 7.60. The topological polar surface area (TPSA) is 72.9 Å². The third kappa shape index (κ3) is 3.97. The number of benzene rings is 1. The molecule has 0 radical (unpaired) electrons. The number of rotatable bonds is 5. The van der Waals surface area contributed by atoms with Gasteiger partial charge in [0.2, 0.25) is 10.0 Å². The Morgan fingerprint density at radius 3 is 2.83 bits per heavy atom. The van der Waals surface area contributed by atoms with Crippen LogP contribution < -0.4 is 4.74 Å². The summed E-state index contributed by atoms with van der Waals surface area (Å²) in [6, 6.07) is 4.32. The smallest absolute Gasteiger partial charge is 0.310 e. The van der Waals surface area contributed by atoms with E-state index in [-0.39, 0.29) is 24.0 Å². The fraction of sp³-hybridized carbons (Fsp3) is 0.533. The number of hydrogen-bond acceptors (Lipinski definition) is 5. The van der Waals surface area contributed by atoms with E-state index in [1.165, 1.54) is 29.6 Å². The number of methoxy groups -OCH3 is 1. The molecule has 1 fully saturated rings. The van der Waals surface area contributed by atoms with E-state index in [1.54, 1.807) is 6.92 Å². The lowest BCUT2D eigenvalue weighted by atomic mass is 10.0. The minimum absolute atomic E-state index is 0.100. The van der Waals surface area contributed by atoms with E-state index in [0.29, 0.717) is 30.2 Å². The molecule has 1 aliphatic rings. The predicted octanol–water partition coefficient (Wildman–Crippen LogP) is 2.31. The Morgan fingerprint density at radius 2 is 2.17 bits per heavy atom. The van der Waals surface area contributed by atoms with Crippen molar-refractivity contribution in [2.45, 2.75) is 24.7 Å². The second-order valence-electron chi connectivity index (χ2n) is 5.25. The molecule has 0 N–H and O–H groups in total. The Balaban J connectivity index is 2.23. The summed E-state index contributed by atoms with van der Waals surface area (Å²) in [7, 11) is -2.28. The standard InChI is InChI=1S/C15H20ClNO5S/c1-3-22-15(18)11-5-4-8-17(10-11)23(19,20)12-6-7-13(16)14(9-12)21-2/h6-7,9,11H,3-5,8,10H2,1-2H3. The summed E-state index contributed by atoms with van der Waals surface area (Å²) in [4.78, 5) is 12.0. The highest BCUT2D eigenvalue weighted by Gasteiger charge is 2.34. The summed E-state index contributed by atoms with van der Waals surface area (Å²) in [6.45, 7) is 2.53. The van der Waals surface area contributed by atoms with Crippen molar-refractivity contribution in [3.8, 4) is 5.75 Å². The van der Waals surface area contributed by atoms with Gasteiger partial charge in [0, 0.05) is 19.2 Å². The molecular formula is C15H20ClNO5S. The van der Waals surface area contributed by atoms with E-state index in [0.717, 1.165) is 0 Å². The zero-order valence-corrected chi connectivity index (χ0v) is 14.7. The van der Waals surface area contributed by atoms with Crippen molar-refractivity contribution in [3.63, 3.8) is 0 Å². The SMILES string of the molecule is CCOC(=O)C1CCCN(S(=O)(=O)c2ccc(Cl)c(OC)c2)C1. The number of halogens is 1. The van der Waals surface area contributed by atoms with Crippen molar-refractivity contribution >= 4 is 27.6 Å². The van der Waals surface area contributed by atoms with Gasteiger partial charge < -0.3 is 9.47 Å². The Morgan fingerprint density at radius 1 is 1.43 bits per heavy atom. The molecule has 0 aliphatic carbocycles. The van der Waals surface area contributed by atoms with Gasteiger partial charge in [-0.3, -0.25) is 4.79 Å². The fourth-order valence-corrected chi connectivity index (χ4v) is 4.30. The molecule has 0 aromatic heterocycles. The maximum Gasteiger partial charge on any atom is 0.310 e. The Bertz CT molecular complexity index is 676. The number of hydrogen-bond donors (Lipinski definition) is 0. The Kier molecular flexibility index (Phi) is 5.89. The first-order valence-electron chi connectivity index (χ1n) is 7.40. The van der Waals surface area contributed by atoms with Crippen LogP contribution in [0.2, 0.25) is 5.02 Å². The van der Waals surface area contributed by atoms with Crippen molar-refractivity contribution in [2.24, 2.45) is 5.92 Å². The minimum Gasteiger partial charge on any atom is -0.495 e. The average molecular weight is 362 g/mol. The third-order valence-electron chi connectivity index (χ3n) is 3.76. The first-order valence-corrected chi connectivity index (χ1v) is 9.22. The van der Waals surface area contributed by atoms with Gasteiger partial charge in [0.05, 0.1) is 29.6 Å². The zero-order chi connectivity index (χ0) is 17.0. The molecule has 1 unspecified atom stereocenters. The number of sulfonamides is 1. The van der Waals surface area contributed by atoms with Crippen LogP contribution in [0.4, 0.5) is 0 Å². The maximum absolute atomic E-state index is 12.8. The summed E-state index contributed by atoms with van der Waals surface area (Å²) in [6.07, 6.45) is 1.25. The fourth-order valence-electron chi connectivity index (χ4n) is 2.56. The third-order valence-corrected chi connectivity index (χ3v) is 5.94. The molecule has 0 saturated carbocycles. The van der Waals surface area contributed by atoms with Crippen LogP contribution in [-0.4, -0.2) is 45.5 Å².